The Balaban J connectivity index is 1.35. The van der Waals surface area contributed by atoms with Crippen LogP contribution in [0, 0.1) is 0 Å². The van der Waals surface area contributed by atoms with Crippen LogP contribution in [0.5, 0.6) is 0 Å². The van der Waals surface area contributed by atoms with Crippen LogP contribution < -0.4 is 10.2 Å². The molecular formula is C22H30N6O3. The predicted octanol–water partition coefficient (Wildman–Crippen LogP) is 2.07. The number of anilines is 2. The normalized spacial score (nSPS) is 20.5. The third-order valence-electron chi connectivity index (χ3n) is 5.81. The number of hydrogen-bond acceptors (Lipinski definition) is 7. The Hall–Kier alpha value is -2.78. The van der Waals surface area contributed by atoms with Crippen LogP contribution in [0.4, 0.5) is 11.4 Å². The van der Waals surface area contributed by atoms with Crippen molar-refractivity contribution in [3.63, 3.8) is 0 Å². The van der Waals surface area contributed by atoms with Crippen LogP contribution in [-0.4, -0.2) is 70.5 Å². The van der Waals surface area contributed by atoms with E-state index in [4.69, 9.17) is 4.52 Å². The van der Waals surface area contributed by atoms with E-state index in [0.717, 1.165) is 37.7 Å². The highest BCUT2D eigenvalue weighted by atomic mass is 16.5. The summed E-state index contributed by atoms with van der Waals surface area (Å²) in [7, 11) is 0. The zero-order valence-electron chi connectivity index (χ0n) is 18.4. The van der Waals surface area contributed by atoms with Crippen molar-refractivity contribution >= 4 is 23.2 Å². The standard InChI is InChI=1S/C22H30N6O3/c1-15(2)22-24-20(31-25-22)13-26-8-10-27(11-9-26)14-21(30)28-16(3)12-19(29)23-17-6-4-5-7-18(17)28/h4-7,15-16H,8-14H2,1-3H3,(H,23,29). The first-order valence-corrected chi connectivity index (χ1v) is 10.9. The van der Waals surface area contributed by atoms with Gasteiger partial charge in [0.15, 0.2) is 5.82 Å². The zero-order chi connectivity index (χ0) is 22.0. The lowest BCUT2D eigenvalue weighted by Gasteiger charge is -2.35. The van der Waals surface area contributed by atoms with Crippen LogP contribution in [0.25, 0.3) is 0 Å². The average molecular weight is 427 g/mol. The van der Waals surface area contributed by atoms with Crippen molar-refractivity contribution in [3.05, 3.63) is 36.0 Å². The molecule has 166 valence electrons. The van der Waals surface area contributed by atoms with E-state index in [-0.39, 0.29) is 30.2 Å². The third-order valence-corrected chi connectivity index (χ3v) is 5.81. The van der Waals surface area contributed by atoms with E-state index in [9.17, 15) is 9.59 Å². The number of nitrogens with zero attached hydrogens (tertiary/aromatic N) is 5. The Bertz CT molecular complexity index is 935. The van der Waals surface area contributed by atoms with Crippen LogP contribution in [0.1, 0.15) is 44.8 Å². The second-order valence-electron chi connectivity index (χ2n) is 8.64. The van der Waals surface area contributed by atoms with Crippen LogP contribution in [0.2, 0.25) is 0 Å². The number of piperazine rings is 1. The maximum absolute atomic E-state index is 13.2. The topological polar surface area (TPSA) is 94.8 Å². The molecule has 2 aliphatic heterocycles. The van der Waals surface area contributed by atoms with E-state index in [1.807, 2.05) is 45.0 Å². The van der Waals surface area contributed by atoms with Crippen LogP contribution in [-0.2, 0) is 16.1 Å². The van der Waals surface area contributed by atoms with Gasteiger partial charge in [0, 0.05) is 44.6 Å². The lowest BCUT2D eigenvalue weighted by atomic mass is 10.1. The van der Waals surface area contributed by atoms with E-state index in [2.05, 4.69) is 25.3 Å². The zero-order valence-corrected chi connectivity index (χ0v) is 18.4. The summed E-state index contributed by atoms with van der Waals surface area (Å²) >= 11 is 0. The fourth-order valence-corrected chi connectivity index (χ4v) is 4.10. The molecule has 1 unspecified atom stereocenters. The first-order chi connectivity index (χ1) is 14.9. The van der Waals surface area contributed by atoms with Gasteiger partial charge < -0.3 is 14.7 Å². The van der Waals surface area contributed by atoms with Gasteiger partial charge in [-0.2, -0.15) is 4.98 Å². The minimum absolute atomic E-state index is 0.0170. The molecule has 31 heavy (non-hydrogen) atoms. The molecule has 1 aromatic carbocycles. The molecule has 4 rings (SSSR count). The first kappa shape index (κ1) is 21.5. The molecule has 2 aliphatic rings. The molecule has 3 heterocycles. The number of nitrogens with one attached hydrogen (secondary N) is 1. The molecule has 2 aromatic rings. The molecule has 0 radical (unpaired) electrons. The number of carbonyl (C=O) groups is 2. The highest BCUT2D eigenvalue weighted by Crippen LogP contribution is 2.31. The molecule has 2 amide bonds. The van der Waals surface area contributed by atoms with Gasteiger partial charge >= 0.3 is 0 Å². The maximum Gasteiger partial charge on any atom is 0.241 e. The molecule has 1 fully saturated rings. The molecule has 1 aromatic heterocycles. The SMILES string of the molecule is CC(C)c1noc(CN2CCN(CC(=O)N3c4ccccc4NC(=O)CC3C)CC2)n1. The van der Waals surface area contributed by atoms with Gasteiger partial charge in [-0.15, -0.1) is 0 Å². The Morgan fingerprint density at radius 2 is 1.90 bits per heavy atom. The largest absolute Gasteiger partial charge is 0.338 e. The Morgan fingerprint density at radius 1 is 1.19 bits per heavy atom. The van der Waals surface area contributed by atoms with E-state index < -0.39 is 0 Å². The van der Waals surface area contributed by atoms with Gasteiger partial charge in [-0.3, -0.25) is 19.4 Å². The van der Waals surface area contributed by atoms with Gasteiger partial charge in [0.05, 0.1) is 24.5 Å². The Labute approximate surface area is 182 Å². The van der Waals surface area contributed by atoms with Gasteiger partial charge in [0.25, 0.3) is 0 Å². The second kappa shape index (κ2) is 9.15. The van der Waals surface area contributed by atoms with Crippen LogP contribution >= 0.6 is 0 Å². The van der Waals surface area contributed by atoms with Gasteiger partial charge in [-0.1, -0.05) is 31.1 Å². The van der Waals surface area contributed by atoms with Gasteiger partial charge in [-0.25, -0.2) is 0 Å². The van der Waals surface area contributed by atoms with E-state index in [0.29, 0.717) is 24.7 Å². The fraction of sp³-hybridized carbons (Fsp3) is 0.545. The number of aromatic nitrogens is 2. The summed E-state index contributed by atoms with van der Waals surface area (Å²) in [5.41, 5.74) is 1.46. The number of amides is 2. The fourth-order valence-electron chi connectivity index (χ4n) is 4.10. The summed E-state index contributed by atoms with van der Waals surface area (Å²) in [5, 5.41) is 6.93. The predicted molar refractivity (Wildman–Crippen MR) is 117 cm³/mol. The van der Waals surface area contributed by atoms with Crippen molar-refractivity contribution in [1.82, 2.24) is 19.9 Å². The highest BCUT2D eigenvalue weighted by Gasteiger charge is 2.31. The summed E-state index contributed by atoms with van der Waals surface area (Å²) in [5.74, 6) is 1.57. The first-order valence-electron chi connectivity index (χ1n) is 10.9. The minimum Gasteiger partial charge on any atom is -0.338 e. The molecule has 9 nitrogen and oxygen atoms in total. The third kappa shape index (κ3) is 4.94. The lowest BCUT2D eigenvalue weighted by molar-refractivity contribution is -0.120. The summed E-state index contributed by atoms with van der Waals surface area (Å²) in [4.78, 5) is 36.0. The molecule has 1 N–H and O–H groups in total. The van der Waals surface area contributed by atoms with Crippen molar-refractivity contribution in [2.24, 2.45) is 0 Å². The van der Waals surface area contributed by atoms with Crippen LogP contribution in [0.15, 0.2) is 28.8 Å². The molecule has 1 atom stereocenters. The number of para-hydroxylation sites is 2. The number of rotatable bonds is 5. The summed E-state index contributed by atoms with van der Waals surface area (Å²) < 4.78 is 5.35. The molecule has 0 saturated carbocycles. The van der Waals surface area contributed by atoms with Crippen molar-refractivity contribution in [2.45, 2.75) is 45.7 Å². The summed E-state index contributed by atoms with van der Waals surface area (Å²) in [6, 6.07) is 7.30. The molecule has 0 aliphatic carbocycles. The molecular weight excluding hydrogens is 396 g/mol. The van der Waals surface area contributed by atoms with Gasteiger partial charge in [0.1, 0.15) is 0 Å². The van der Waals surface area contributed by atoms with E-state index in [1.165, 1.54) is 0 Å². The Morgan fingerprint density at radius 3 is 2.61 bits per heavy atom. The molecule has 1 saturated heterocycles. The maximum atomic E-state index is 13.2. The number of benzene rings is 1. The number of fused-ring (bicyclic) bond motifs is 1. The van der Waals surface area contributed by atoms with Crippen LogP contribution in [0.3, 0.4) is 0 Å². The minimum atomic E-state index is -0.190. The lowest BCUT2D eigenvalue weighted by Crippen LogP contribution is -2.51. The molecule has 0 bridgehead atoms. The highest BCUT2D eigenvalue weighted by molar-refractivity contribution is 6.04. The van der Waals surface area contributed by atoms with Gasteiger partial charge in [0.2, 0.25) is 17.7 Å². The van der Waals surface area contributed by atoms with E-state index in [1.54, 1.807) is 4.90 Å². The molecule has 0 spiro atoms. The second-order valence-corrected chi connectivity index (χ2v) is 8.64. The average Bonchev–Trinajstić information content (AvgIpc) is 3.14. The molecule has 9 heteroatoms. The number of hydrogen-bond donors (Lipinski definition) is 1. The van der Waals surface area contributed by atoms with Crippen molar-refractivity contribution in [3.8, 4) is 0 Å². The van der Waals surface area contributed by atoms with Crippen molar-refractivity contribution in [1.29, 1.82) is 0 Å². The van der Waals surface area contributed by atoms with Crippen molar-refractivity contribution < 1.29 is 14.1 Å². The van der Waals surface area contributed by atoms with E-state index >= 15 is 0 Å². The summed E-state index contributed by atoms with van der Waals surface area (Å²) in [6.45, 7) is 10.2. The smallest absolute Gasteiger partial charge is 0.241 e. The number of carbonyl (C=O) groups excluding carboxylic acids is 2. The van der Waals surface area contributed by atoms with Crippen molar-refractivity contribution in [2.75, 3.05) is 42.9 Å². The quantitative estimate of drug-likeness (QED) is 0.782. The Kier molecular flexibility index (Phi) is 6.33. The van der Waals surface area contributed by atoms with Gasteiger partial charge in [-0.05, 0) is 19.1 Å². The summed E-state index contributed by atoms with van der Waals surface area (Å²) in [6.07, 6.45) is 0.288. The monoisotopic (exact) mass is 426 g/mol.